The van der Waals surface area contributed by atoms with Crippen molar-refractivity contribution in [1.29, 1.82) is 0 Å². The van der Waals surface area contributed by atoms with Crippen molar-refractivity contribution in [1.82, 2.24) is 5.32 Å². The maximum absolute atomic E-state index is 11.9. The van der Waals surface area contributed by atoms with Crippen molar-refractivity contribution in [2.24, 2.45) is 0 Å². The minimum absolute atomic E-state index is 0.0711. The Morgan fingerprint density at radius 3 is 2.62 bits per heavy atom. The molecule has 0 atom stereocenters. The molecule has 0 spiro atoms. The number of hydrogen-bond acceptors (Lipinski definition) is 3. The summed E-state index contributed by atoms with van der Waals surface area (Å²) in [5.74, 6) is 0.815. The van der Waals surface area contributed by atoms with E-state index in [-0.39, 0.29) is 5.91 Å². The van der Waals surface area contributed by atoms with Crippen LogP contribution < -0.4 is 15.4 Å². The topological polar surface area (TPSA) is 50.4 Å². The molecule has 0 aliphatic carbocycles. The molecular weight excluding hydrogens is 347 g/mol. The maximum atomic E-state index is 11.9. The van der Waals surface area contributed by atoms with Crippen molar-refractivity contribution in [2.75, 3.05) is 25.5 Å². The Bertz CT molecular complexity index is 692. The number of carbonyl (C=O) groups excluding carboxylic acids is 1. The first kappa shape index (κ1) is 18.6. The lowest BCUT2D eigenvalue weighted by molar-refractivity contribution is -0.116. The van der Waals surface area contributed by atoms with E-state index in [0.29, 0.717) is 28.7 Å². The highest BCUT2D eigenvalue weighted by Gasteiger charge is 2.05. The van der Waals surface area contributed by atoms with Gasteiger partial charge in [-0.25, -0.2) is 0 Å². The average molecular weight is 367 g/mol. The van der Waals surface area contributed by atoms with Gasteiger partial charge in [-0.05, 0) is 42.8 Å². The number of rotatable bonds is 8. The summed E-state index contributed by atoms with van der Waals surface area (Å²) in [5, 5.41) is 6.94. The second kappa shape index (κ2) is 9.52. The van der Waals surface area contributed by atoms with Gasteiger partial charge in [0.05, 0.1) is 17.2 Å². The summed E-state index contributed by atoms with van der Waals surface area (Å²) < 4.78 is 5.31. The van der Waals surface area contributed by atoms with E-state index in [1.54, 1.807) is 25.3 Å². The Balaban J connectivity index is 1.68. The molecule has 2 aromatic carbocycles. The van der Waals surface area contributed by atoms with Crippen molar-refractivity contribution >= 4 is 34.8 Å². The summed E-state index contributed by atoms with van der Waals surface area (Å²) in [7, 11) is 1.67. The van der Waals surface area contributed by atoms with Crippen LogP contribution in [0.1, 0.15) is 12.0 Å². The van der Waals surface area contributed by atoms with Crippen LogP contribution in [-0.4, -0.2) is 26.1 Å². The number of halogens is 2. The fourth-order valence-electron chi connectivity index (χ4n) is 2.26. The standard InChI is InChI=1S/C18H20Cl2N2O2/c1-24-17-5-3-2-4-13(17)8-10-21-11-9-18(23)22-14-6-7-15(19)16(20)12-14/h2-7,12,21H,8-11H2,1H3,(H,22,23). The molecule has 0 saturated heterocycles. The highest BCUT2D eigenvalue weighted by Crippen LogP contribution is 2.25. The fraction of sp³-hybridized carbons (Fsp3) is 0.278. The first-order valence-electron chi connectivity index (χ1n) is 7.67. The van der Waals surface area contributed by atoms with Gasteiger partial charge in [-0.2, -0.15) is 0 Å². The van der Waals surface area contributed by atoms with Crippen LogP contribution >= 0.6 is 23.2 Å². The minimum atomic E-state index is -0.0711. The van der Waals surface area contributed by atoms with Crippen LogP contribution in [0.15, 0.2) is 42.5 Å². The molecule has 6 heteroatoms. The molecular formula is C18H20Cl2N2O2. The number of carbonyl (C=O) groups is 1. The molecule has 2 N–H and O–H groups in total. The molecule has 2 rings (SSSR count). The van der Waals surface area contributed by atoms with E-state index >= 15 is 0 Å². The summed E-state index contributed by atoms with van der Waals surface area (Å²) in [6.07, 6.45) is 1.23. The number of nitrogens with one attached hydrogen (secondary N) is 2. The summed E-state index contributed by atoms with van der Waals surface area (Å²) >= 11 is 11.8. The Morgan fingerprint density at radius 2 is 1.88 bits per heavy atom. The third kappa shape index (κ3) is 5.71. The van der Waals surface area contributed by atoms with Gasteiger partial charge >= 0.3 is 0 Å². The monoisotopic (exact) mass is 366 g/mol. The summed E-state index contributed by atoms with van der Waals surface area (Å²) in [6, 6.07) is 12.9. The Hall–Kier alpha value is -1.75. The maximum Gasteiger partial charge on any atom is 0.225 e. The predicted octanol–water partition coefficient (Wildman–Crippen LogP) is 4.16. The van der Waals surface area contributed by atoms with Gasteiger partial charge < -0.3 is 15.4 Å². The number of amides is 1. The van der Waals surface area contributed by atoms with Gasteiger partial charge in [-0.15, -0.1) is 0 Å². The van der Waals surface area contributed by atoms with Crippen molar-refractivity contribution in [3.05, 3.63) is 58.1 Å². The van der Waals surface area contributed by atoms with Gasteiger partial charge in [0.15, 0.2) is 0 Å². The fourth-order valence-corrected chi connectivity index (χ4v) is 2.55. The molecule has 2 aromatic rings. The van der Waals surface area contributed by atoms with Crippen molar-refractivity contribution in [2.45, 2.75) is 12.8 Å². The Labute approximate surface area is 152 Å². The van der Waals surface area contributed by atoms with Gasteiger partial charge in [0, 0.05) is 18.7 Å². The second-order valence-electron chi connectivity index (χ2n) is 5.24. The Morgan fingerprint density at radius 1 is 1.08 bits per heavy atom. The molecule has 0 unspecified atom stereocenters. The number of ether oxygens (including phenoxy) is 1. The lowest BCUT2D eigenvalue weighted by atomic mass is 10.1. The number of para-hydroxylation sites is 1. The summed E-state index contributed by atoms with van der Waals surface area (Å²) in [4.78, 5) is 11.9. The first-order valence-corrected chi connectivity index (χ1v) is 8.43. The molecule has 4 nitrogen and oxygen atoms in total. The van der Waals surface area contributed by atoms with E-state index < -0.39 is 0 Å². The van der Waals surface area contributed by atoms with Crippen LogP contribution in [0.3, 0.4) is 0 Å². The number of benzene rings is 2. The molecule has 0 aliphatic heterocycles. The lowest BCUT2D eigenvalue weighted by Gasteiger charge is -2.09. The predicted molar refractivity (Wildman–Crippen MR) is 99.3 cm³/mol. The highest BCUT2D eigenvalue weighted by molar-refractivity contribution is 6.42. The molecule has 128 valence electrons. The van der Waals surface area contributed by atoms with E-state index in [2.05, 4.69) is 10.6 Å². The zero-order valence-corrected chi connectivity index (χ0v) is 15.0. The normalized spacial score (nSPS) is 10.5. The molecule has 0 saturated carbocycles. The quantitative estimate of drug-likeness (QED) is 0.689. The van der Waals surface area contributed by atoms with Crippen LogP contribution in [0, 0.1) is 0 Å². The molecule has 24 heavy (non-hydrogen) atoms. The highest BCUT2D eigenvalue weighted by atomic mass is 35.5. The van der Waals surface area contributed by atoms with Crippen molar-refractivity contribution < 1.29 is 9.53 Å². The first-order chi connectivity index (χ1) is 11.6. The SMILES string of the molecule is COc1ccccc1CCNCCC(=O)Nc1ccc(Cl)c(Cl)c1. The van der Waals surface area contributed by atoms with Crippen molar-refractivity contribution in [3.8, 4) is 5.75 Å². The largest absolute Gasteiger partial charge is 0.496 e. The molecule has 0 aromatic heterocycles. The average Bonchev–Trinajstić information content (AvgIpc) is 2.58. The molecule has 0 radical (unpaired) electrons. The van der Waals surface area contributed by atoms with Gasteiger partial charge in [-0.1, -0.05) is 41.4 Å². The lowest BCUT2D eigenvalue weighted by Crippen LogP contribution is -2.23. The van der Waals surface area contributed by atoms with E-state index in [4.69, 9.17) is 27.9 Å². The number of hydrogen-bond donors (Lipinski definition) is 2. The molecule has 0 heterocycles. The molecule has 1 amide bonds. The number of methoxy groups -OCH3 is 1. The van der Waals surface area contributed by atoms with Gasteiger partial charge in [0.2, 0.25) is 5.91 Å². The zero-order valence-electron chi connectivity index (χ0n) is 13.4. The van der Waals surface area contributed by atoms with Crippen LogP contribution in [-0.2, 0) is 11.2 Å². The minimum Gasteiger partial charge on any atom is -0.496 e. The third-order valence-corrected chi connectivity index (χ3v) is 4.23. The van der Waals surface area contributed by atoms with Crippen molar-refractivity contribution in [3.63, 3.8) is 0 Å². The smallest absolute Gasteiger partial charge is 0.225 e. The van der Waals surface area contributed by atoms with Gasteiger partial charge in [-0.3, -0.25) is 4.79 Å². The molecule has 0 aliphatic rings. The summed E-state index contributed by atoms with van der Waals surface area (Å²) in [5.41, 5.74) is 1.79. The third-order valence-electron chi connectivity index (χ3n) is 3.50. The number of anilines is 1. The van der Waals surface area contributed by atoms with Crippen LogP contribution in [0.2, 0.25) is 10.0 Å². The van der Waals surface area contributed by atoms with Crippen LogP contribution in [0.5, 0.6) is 5.75 Å². The van der Waals surface area contributed by atoms with E-state index in [0.717, 1.165) is 24.3 Å². The summed E-state index contributed by atoms with van der Waals surface area (Å²) in [6.45, 7) is 1.38. The van der Waals surface area contributed by atoms with E-state index in [9.17, 15) is 4.79 Å². The van der Waals surface area contributed by atoms with Crippen LogP contribution in [0.25, 0.3) is 0 Å². The van der Waals surface area contributed by atoms with E-state index in [1.165, 1.54) is 0 Å². The van der Waals surface area contributed by atoms with E-state index in [1.807, 2.05) is 24.3 Å². The molecule has 0 fully saturated rings. The van der Waals surface area contributed by atoms with Gasteiger partial charge in [0.1, 0.15) is 5.75 Å². The van der Waals surface area contributed by atoms with Gasteiger partial charge in [0.25, 0.3) is 0 Å². The zero-order chi connectivity index (χ0) is 17.4. The van der Waals surface area contributed by atoms with Crippen LogP contribution in [0.4, 0.5) is 5.69 Å². The second-order valence-corrected chi connectivity index (χ2v) is 6.05. The molecule has 0 bridgehead atoms. The Kier molecular flexibility index (Phi) is 7.37.